The van der Waals surface area contributed by atoms with E-state index in [1.165, 1.54) is 5.56 Å². The normalized spacial score (nSPS) is 22.9. The van der Waals surface area contributed by atoms with Gasteiger partial charge < -0.3 is 4.74 Å². The summed E-state index contributed by atoms with van der Waals surface area (Å²) >= 11 is 3.43. The van der Waals surface area contributed by atoms with E-state index >= 15 is 0 Å². The summed E-state index contributed by atoms with van der Waals surface area (Å²) in [4.78, 5) is 6.56. The molecule has 1 aliphatic rings. The second-order valence-corrected chi connectivity index (χ2v) is 4.84. The van der Waals surface area contributed by atoms with Crippen LogP contribution in [0.1, 0.15) is 12.5 Å². The lowest BCUT2D eigenvalue weighted by atomic mass is 10.2. The molecule has 1 aromatic rings. The number of pyridine rings is 1. The van der Waals surface area contributed by atoms with Crippen molar-refractivity contribution in [3.8, 4) is 0 Å². The topological polar surface area (TPSA) is 25.4 Å². The van der Waals surface area contributed by atoms with Gasteiger partial charge in [-0.15, -0.1) is 0 Å². The van der Waals surface area contributed by atoms with Crippen LogP contribution in [-0.4, -0.2) is 35.7 Å². The summed E-state index contributed by atoms with van der Waals surface area (Å²) in [6, 6.07) is 2.12. The first kappa shape index (κ1) is 11.0. The zero-order chi connectivity index (χ0) is 10.7. The molecule has 1 aromatic heterocycles. The number of hydrogen-bond donors (Lipinski definition) is 0. The molecule has 0 radical (unpaired) electrons. The summed E-state index contributed by atoms with van der Waals surface area (Å²) in [5, 5.41) is 0. The van der Waals surface area contributed by atoms with Gasteiger partial charge in [-0.1, -0.05) is 0 Å². The third-order valence-electron chi connectivity index (χ3n) is 2.49. The average molecular weight is 271 g/mol. The van der Waals surface area contributed by atoms with Crippen LogP contribution in [0.4, 0.5) is 0 Å². The molecule has 0 spiro atoms. The van der Waals surface area contributed by atoms with E-state index < -0.39 is 0 Å². The quantitative estimate of drug-likeness (QED) is 0.823. The maximum absolute atomic E-state index is 5.50. The molecule has 1 atom stereocenters. The van der Waals surface area contributed by atoms with Crippen LogP contribution in [0.3, 0.4) is 0 Å². The molecule has 1 saturated heterocycles. The van der Waals surface area contributed by atoms with E-state index in [1.54, 1.807) is 0 Å². The number of morpholine rings is 1. The summed E-state index contributed by atoms with van der Waals surface area (Å²) in [6.45, 7) is 5.93. The van der Waals surface area contributed by atoms with Crippen LogP contribution in [0, 0.1) is 0 Å². The van der Waals surface area contributed by atoms with Gasteiger partial charge in [-0.2, -0.15) is 0 Å². The van der Waals surface area contributed by atoms with Crippen molar-refractivity contribution in [3.63, 3.8) is 0 Å². The maximum atomic E-state index is 5.50. The third kappa shape index (κ3) is 3.26. The summed E-state index contributed by atoms with van der Waals surface area (Å²) in [7, 11) is 0. The molecule has 0 bridgehead atoms. The van der Waals surface area contributed by atoms with E-state index in [9.17, 15) is 0 Å². The molecule has 2 rings (SSSR count). The highest BCUT2D eigenvalue weighted by Crippen LogP contribution is 2.13. The van der Waals surface area contributed by atoms with Crippen molar-refractivity contribution in [2.75, 3.05) is 19.7 Å². The Bertz CT molecular complexity index is 332. The molecule has 0 saturated carbocycles. The Morgan fingerprint density at radius 2 is 2.47 bits per heavy atom. The van der Waals surface area contributed by atoms with Gasteiger partial charge in [0.1, 0.15) is 0 Å². The fraction of sp³-hybridized carbons (Fsp3) is 0.545. The Kier molecular flexibility index (Phi) is 3.72. The van der Waals surface area contributed by atoms with Gasteiger partial charge in [-0.05, 0) is 34.5 Å². The fourth-order valence-corrected chi connectivity index (χ4v) is 2.25. The highest BCUT2D eigenvalue weighted by atomic mass is 79.9. The van der Waals surface area contributed by atoms with E-state index in [4.69, 9.17) is 4.74 Å². The third-order valence-corrected chi connectivity index (χ3v) is 2.93. The Hall–Kier alpha value is -0.450. The number of ether oxygens (including phenoxy) is 1. The number of rotatable bonds is 2. The predicted molar refractivity (Wildman–Crippen MR) is 62.6 cm³/mol. The first-order valence-corrected chi connectivity index (χ1v) is 5.97. The Morgan fingerprint density at radius 1 is 1.60 bits per heavy atom. The molecule has 0 aliphatic carbocycles. The van der Waals surface area contributed by atoms with E-state index in [0.29, 0.717) is 6.10 Å². The predicted octanol–water partition coefficient (Wildman–Crippen LogP) is 2.06. The molecule has 0 N–H and O–H groups in total. The molecule has 2 heterocycles. The number of hydrogen-bond acceptors (Lipinski definition) is 3. The van der Waals surface area contributed by atoms with Crippen molar-refractivity contribution in [3.05, 3.63) is 28.5 Å². The van der Waals surface area contributed by atoms with Gasteiger partial charge in [0.15, 0.2) is 0 Å². The lowest BCUT2D eigenvalue weighted by molar-refractivity contribution is -0.0212. The molecule has 1 fully saturated rings. The van der Waals surface area contributed by atoms with Gasteiger partial charge in [0.05, 0.1) is 12.7 Å². The van der Waals surface area contributed by atoms with Gasteiger partial charge >= 0.3 is 0 Å². The largest absolute Gasteiger partial charge is 0.376 e. The van der Waals surface area contributed by atoms with Crippen molar-refractivity contribution < 1.29 is 4.74 Å². The first-order valence-electron chi connectivity index (χ1n) is 5.17. The minimum atomic E-state index is 0.346. The van der Waals surface area contributed by atoms with Crippen molar-refractivity contribution in [2.24, 2.45) is 0 Å². The standard InChI is InChI=1S/C11H15BrN2O/c1-9-7-14(2-3-15-9)8-10-4-11(12)6-13-5-10/h4-6,9H,2-3,7-8H2,1H3. The van der Waals surface area contributed by atoms with Crippen molar-refractivity contribution in [1.82, 2.24) is 9.88 Å². The molecule has 15 heavy (non-hydrogen) atoms. The second kappa shape index (κ2) is 5.05. The van der Waals surface area contributed by atoms with E-state index in [2.05, 4.69) is 38.8 Å². The number of nitrogens with zero attached hydrogens (tertiary/aromatic N) is 2. The molecule has 82 valence electrons. The van der Waals surface area contributed by atoms with Crippen molar-refractivity contribution >= 4 is 15.9 Å². The molecule has 0 amide bonds. The summed E-state index contributed by atoms with van der Waals surface area (Å²) in [6.07, 6.45) is 4.08. The zero-order valence-corrected chi connectivity index (χ0v) is 10.4. The summed E-state index contributed by atoms with van der Waals surface area (Å²) in [5.74, 6) is 0. The highest BCUT2D eigenvalue weighted by molar-refractivity contribution is 9.10. The first-order chi connectivity index (χ1) is 7.24. The Morgan fingerprint density at radius 3 is 3.20 bits per heavy atom. The van der Waals surface area contributed by atoms with Gasteiger partial charge in [0.25, 0.3) is 0 Å². The molecular weight excluding hydrogens is 256 g/mol. The van der Waals surface area contributed by atoms with Crippen LogP contribution >= 0.6 is 15.9 Å². The van der Waals surface area contributed by atoms with E-state index in [-0.39, 0.29) is 0 Å². The van der Waals surface area contributed by atoms with E-state index in [1.807, 2.05) is 12.4 Å². The molecule has 4 heteroatoms. The van der Waals surface area contributed by atoms with Crippen LogP contribution in [0.5, 0.6) is 0 Å². The van der Waals surface area contributed by atoms with Crippen LogP contribution in [0.2, 0.25) is 0 Å². The van der Waals surface area contributed by atoms with E-state index in [0.717, 1.165) is 30.7 Å². The van der Waals surface area contributed by atoms with Crippen LogP contribution in [0.25, 0.3) is 0 Å². The highest BCUT2D eigenvalue weighted by Gasteiger charge is 2.16. The minimum Gasteiger partial charge on any atom is -0.376 e. The second-order valence-electron chi connectivity index (χ2n) is 3.93. The summed E-state index contributed by atoms with van der Waals surface area (Å²) < 4.78 is 6.55. The van der Waals surface area contributed by atoms with Gasteiger partial charge in [-0.3, -0.25) is 9.88 Å². The lowest BCUT2D eigenvalue weighted by Gasteiger charge is -2.30. The molecular formula is C11H15BrN2O. The zero-order valence-electron chi connectivity index (χ0n) is 8.82. The number of aromatic nitrogens is 1. The molecule has 3 nitrogen and oxygen atoms in total. The average Bonchev–Trinajstić information content (AvgIpc) is 2.17. The van der Waals surface area contributed by atoms with Crippen LogP contribution < -0.4 is 0 Å². The fourth-order valence-electron chi connectivity index (χ4n) is 1.83. The van der Waals surface area contributed by atoms with Crippen LogP contribution in [-0.2, 0) is 11.3 Å². The SMILES string of the molecule is CC1CN(Cc2cncc(Br)c2)CCO1. The van der Waals surface area contributed by atoms with Gasteiger partial charge in [0.2, 0.25) is 0 Å². The van der Waals surface area contributed by atoms with Gasteiger partial charge in [-0.25, -0.2) is 0 Å². The Balaban J connectivity index is 1.96. The smallest absolute Gasteiger partial charge is 0.0674 e. The monoisotopic (exact) mass is 270 g/mol. The summed E-state index contributed by atoms with van der Waals surface area (Å²) in [5.41, 5.74) is 1.25. The Labute approximate surface area is 98.6 Å². The molecule has 1 unspecified atom stereocenters. The van der Waals surface area contributed by atoms with Gasteiger partial charge in [0, 0.05) is 36.5 Å². The number of halogens is 1. The lowest BCUT2D eigenvalue weighted by Crippen LogP contribution is -2.40. The molecule has 1 aliphatic heterocycles. The molecule has 0 aromatic carbocycles. The maximum Gasteiger partial charge on any atom is 0.0674 e. The minimum absolute atomic E-state index is 0.346. The van der Waals surface area contributed by atoms with Crippen LogP contribution in [0.15, 0.2) is 22.9 Å². The van der Waals surface area contributed by atoms with Crippen molar-refractivity contribution in [2.45, 2.75) is 19.6 Å². The van der Waals surface area contributed by atoms with Crippen molar-refractivity contribution in [1.29, 1.82) is 0 Å².